The number of H-pyrrole nitrogens is 2. The average Bonchev–Trinajstić information content (AvgIpc) is 3.21. The van der Waals surface area contributed by atoms with E-state index in [4.69, 9.17) is 0 Å². The van der Waals surface area contributed by atoms with Crippen molar-refractivity contribution in [3.63, 3.8) is 0 Å². The van der Waals surface area contributed by atoms with Crippen LogP contribution in [-0.4, -0.2) is 44.4 Å². The second-order valence-corrected chi connectivity index (χ2v) is 6.67. The number of aromatic nitrogens is 3. The number of fused-ring (bicyclic) bond motifs is 1. The van der Waals surface area contributed by atoms with E-state index >= 15 is 0 Å². The summed E-state index contributed by atoms with van der Waals surface area (Å²) in [5.74, 6) is 0.258. The van der Waals surface area contributed by atoms with E-state index in [9.17, 15) is 5.11 Å². The molecule has 3 N–H and O–H groups in total. The van der Waals surface area contributed by atoms with Gasteiger partial charge in [-0.3, -0.25) is 10.00 Å². The summed E-state index contributed by atoms with van der Waals surface area (Å²) in [7, 11) is 0. The number of rotatable bonds is 4. The van der Waals surface area contributed by atoms with Crippen LogP contribution in [-0.2, 0) is 13.0 Å². The molecule has 1 fully saturated rings. The van der Waals surface area contributed by atoms with E-state index in [-0.39, 0.29) is 12.0 Å². The highest BCUT2D eigenvalue weighted by molar-refractivity contribution is 5.79. The molecule has 3 heterocycles. The Labute approximate surface area is 135 Å². The first-order valence-electron chi connectivity index (χ1n) is 8.15. The summed E-state index contributed by atoms with van der Waals surface area (Å²) in [5, 5.41) is 18.9. The zero-order valence-electron chi connectivity index (χ0n) is 13.3. The molecule has 1 aliphatic rings. The van der Waals surface area contributed by atoms with Crippen molar-refractivity contribution in [3.05, 3.63) is 53.5 Å². The van der Waals surface area contributed by atoms with Crippen molar-refractivity contribution < 1.29 is 5.11 Å². The summed E-state index contributed by atoms with van der Waals surface area (Å²) in [6.45, 7) is 4.54. The Kier molecular flexibility index (Phi) is 3.67. The third kappa shape index (κ3) is 3.02. The van der Waals surface area contributed by atoms with Crippen LogP contribution < -0.4 is 0 Å². The molecule has 2 unspecified atom stereocenters. The van der Waals surface area contributed by atoms with Gasteiger partial charge in [0.2, 0.25) is 0 Å². The van der Waals surface area contributed by atoms with E-state index in [1.165, 1.54) is 16.5 Å². The molecule has 3 aromatic rings. The largest absolute Gasteiger partial charge is 0.391 e. The van der Waals surface area contributed by atoms with Gasteiger partial charge in [-0.15, -0.1) is 0 Å². The fourth-order valence-corrected chi connectivity index (χ4v) is 3.58. The van der Waals surface area contributed by atoms with Gasteiger partial charge in [0, 0.05) is 43.0 Å². The van der Waals surface area contributed by atoms with Gasteiger partial charge in [0.25, 0.3) is 0 Å². The fourth-order valence-electron chi connectivity index (χ4n) is 3.58. The van der Waals surface area contributed by atoms with Gasteiger partial charge in [0.1, 0.15) is 0 Å². The number of aromatic amines is 2. The molecule has 120 valence electrons. The molecule has 0 radical (unpaired) electrons. The highest BCUT2D eigenvalue weighted by atomic mass is 16.3. The number of hydrogen-bond donors (Lipinski definition) is 3. The van der Waals surface area contributed by atoms with E-state index in [0.29, 0.717) is 0 Å². The third-order valence-electron chi connectivity index (χ3n) is 4.74. The maximum Gasteiger partial charge on any atom is 0.0711 e. The number of nitrogens with zero attached hydrogens (tertiary/aromatic N) is 2. The first kappa shape index (κ1) is 14.5. The Morgan fingerprint density at radius 3 is 3.00 bits per heavy atom. The topological polar surface area (TPSA) is 67.9 Å². The van der Waals surface area contributed by atoms with Gasteiger partial charge in [0.05, 0.1) is 11.8 Å². The number of nitrogens with one attached hydrogen (secondary N) is 2. The Morgan fingerprint density at radius 1 is 1.26 bits per heavy atom. The van der Waals surface area contributed by atoms with Crippen LogP contribution in [0.2, 0.25) is 0 Å². The summed E-state index contributed by atoms with van der Waals surface area (Å²) in [4.78, 5) is 5.56. The summed E-state index contributed by atoms with van der Waals surface area (Å²) in [5.41, 5.74) is 4.58. The van der Waals surface area contributed by atoms with Crippen molar-refractivity contribution in [2.24, 2.45) is 5.92 Å². The lowest BCUT2D eigenvalue weighted by atomic mass is 10.0. The van der Waals surface area contributed by atoms with Crippen LogP contribution in [0.3, 0.4) is 0 Å². The van der Waals surface area contributed by atoms with Crippen molar-refractivity contribution in [1.82, 2.24) is 20.1 Å². The third-order valence-corrected chi connectivity index (χ3v) is 4.74. The van der Waals surface area contributed by atoms with Crippen LogP contribution in [0.4, 0.5) is 0 Å². The number of aryl methyl sites for hydroxylation is 1. The van der Waals surface area contributed by atoms with Gasteiger partial charge in [-0.25, -0.2) is 0 Å². The minimum absolute atomic E-state index is 0.258. The second-order valence-electron chi connectivity index (χ2n) is 6.67. The summed E-state index contributed by atoms with van der Waals surface area (Å²) in [6.07, 6.45) is 2.53. The van der Waals surface area contributed by atoms with Crippen molar-refractivity contribution in [1.29, 1.82) is 0 Å². The van der Waals surface area contributed by atoms with Gasteiger partial charge in [0.15, 0.2) is 0 Å². The molecule has 1 saturated heterocycles. The Balaban J connectivity index is 1.42. The minimum Gasteiger partial charge on any atom is -0.391 e. The number of aliphatic hydroxyl groups is 1. The van der Waals surface area contributed by atoms with Gasteiger partial charge in [-0.1, -0.05) is 6.07 Å². The molecular weight excluding hydrogens is 288 g/mol. The van der Waals surface area contributed by atoms with E-state index in [2.05, 4.69) is 50.4 Å². The molecular formula is C18H22N4O. The molecule has 0 aliphatic carbocycles. The highest BCUT2D eigenvalue weighted by Gasteiger charge is 2.31. The predicted octanol–water partition coefficient (Wildman–Crippen LogP) is 2.23. The molecule has 0 spiro atoms. The average molecular weight is 310 g/mol. The zero-order valence-corrected chi connectivity index (χ0v) is 13.3. The number of benzene rings is 1. The van der Waals surface area contributed by atoms with Crippen molar-refractivity contribution in [3.8, 4) is 0 Å². The van der Waals surface area contributed by atoms with Gasteiger partial charge >= 0.3 is 0 Å². The van der Waals surface area contributed by atoms with Crippen LogP contribution in [0.1, 0.15) is 17.0 Å². The van der Waals surface area contributed by atoms with Crippen LogP contribution >= 0.6 is 0 Å². The summed E-state index contributed by atoms with van der Waals surface area (Å²) in [6, 6.07) is 10.7. The smallest absolute Gasteiger partial charge is 0.0711 e. The second kappa shape index (κ2) is 5.83. The SMILES string of the molecule is Cc1cc(CC2CN(Cc3ccc4[nH]ccc4c3)CC2O)n[nH]1. The summed E-state index contributed by atoms with van der Waals surface area (Å²) >= 11 is 0. The lowest BCUT2D eigenvalue weighted by molar-refractivity contribution is 0.140. The fraction of sp³-hybridized carbons (Fsp3) is 0.389. The van der Waals surface area contributed by atoms with Crippen molar-refractivity contribution in [2.75, 3.05) is 13.1 Å². The standard InChI is InChI=1S/C18H22N4O/c1-12-6-16(21-20-12)8-15-10-22(11-18(15)23)9-13-2-3-17-14(7-13)4-5-19-17/h2-7,15,18-19,23H,8-11H2,1H3,(H,20,21). The van der Waals surface area contributed by atoms with Crippen molar-refractivity contribution in [2.45, 2.75) is 26.0 Å². The Bertz CT molecular complexity index is 806. The molecule has 1 aromatic carbocycles. The number of hydrogen-bond acceptors (Lipinski definition) is 3. The number of likely N-dealkylation sites (tertiary alicyclic amines) is 1. The molecule has 1 aliphatic heterocycles. The Hall–Kier alpha value is -2.11. The normalized spacial score (nSPS) is 22.2. The Morgan fingerprint density at radius 2 is 2.17 bits per heavy atom. The van der Waals surface area contributed by atoms with E-state index < -0.39 is 0 Å². The first-order chi connectivity index (χ1) is 11.2. The molecule has 5 heteroatoms. The zero-order chi connectivity index (χ0) is 15.8. The van der Waals surface area contributed by atoms with Gasteiger partial charge in [-0.2, -0.15) is 5.10 Å². The van der Waals surface area contributed by atoms with Crippen LogP contribution in [0.15, 0.2) is 36.5 Å². The monoisotopic (exact) mass is 310 g/mol. The molecule has 2 aromatic heterocycles. The summed E-state index contributed by atoms with van der Waals surface area (Å²) < 4.78 is 0. The van der Waals surface area contributed by atoms with E-state index in [1.54, 1.807) is 0 Å². The molecule has 2 atom stereocenters. The van der Waals surface area contributed by atoms with Crippen LogP contribution in [0, 0.1) is 12.8 Å². The van der Waals surface area contributed by atoms with E-state index in [0.717, 1.165) is 37.4 Å². The lowest BCUT2D eigenvalue weighted by Gasteiger charge is -2.15. The van der Waals surface area contributed by atoms with E-state index in [1.807, 2.05) is 13.1 Å². The van der Waals surface area contributed by atoms with Gasteiger partial charge in [-0.05, 0) is 48.6 Å². The molecule has 23 heavy (non-hydrogen) atoms. The van der Waals surface area contributed by atoms with Gasteiger partial charge < -0.3 is 10.1 Å². The maximum absolute atomic E-state index is 10.4. The molecule has 5 nitrogen and oxygen atoms in total. The lowest BCUT2D eigenvalue weighted by Crippen LogP contribution is -2.21. The first-order valence-corrected chi connectivity index (χ1v) is 8.15. The van der Waals surface area contributed by atoms with Crippen LogP contribution in [0.25, 0.3) is 10.9 Å². The maximum atomic E-state index is 10.4. The number of β-amino-alcohol motifs (C(OH)–C–C–N with tert-alkyl or cyclic N) is 1. The van der Waals surface area contributed by atoms with Crippen molar-refractivity contribution >= 4 is 10.9 Å². The molecule has 0 amide bonds. The molecule has 0 bridgehead atoms. The minimum atomic E-state index is -0.275. The number of aliphatic hydroxyl groups excluding tert-OH is 1. The molecule has 4 rings (SSSR count). The molecule has 0 saturated carbocycles. The van der Waals surface area contributed by atoms with Crippen LogP contribution in [0.5, 0.6) is 0 Å². The highest BCUT2D eigenvalue weighted by Crippen LogP contribution is 2.24. The predicted molar refractivity (Wildman–Crippen MR) is 90.1 cm³/mol. The quantitative estimate of drug-likeness (QED) is 0.692.